The SMILES string of the molecule is CCOC(=O)c1ncc(C(F)F)c(C#N)c1CCl. The summed E-state index contributed by atoms with van der Waals surface area (Å²) in [6.07, 6.45) is -2.06. The second kappa shape index (κ2) is 6.26. The van der Waals surface area contributed by atoms with E-state index in [1.165, 1.54) is 0 Å². The molecule has 0 aromatic carbocycles. The molecule has 0 saturated heterocycles. The molecule has 0 unspecified atom stereocenters. The van der Waals surface area contributed by atoms with Crippen molar-refractivity contribution in [3.63, 3.8) is 0 Å². The van der Waals surface area contributed by atoms with E-state index in [1.54, 1.807) is 13.0 Å². The van der Waals surface area contributed by atoms with Gasteiger partial charge in [-0.2, -0.15) is 5.26 Å². The van der Waals surface area contributed by atoms with Crippen molar-refractivity contribution < 1.29 is 18.3 Å². The number of aromatic nitrogens is 1. The van der Waals surface area contributed by atoms with Crippen molar-refractivity contribution in [2.75, 3.05) is 6.61 Å². The van der Waals surface area contributed by atoms with Crippen LogP contribution in [0.4, 0.5) is 8.78 Å². The second-order valence-electron chi connectivity index (χ2n) is 3.18. The summed E-state index contributed by atoms with van der Waals surface area (Å²) in [4.78, 5) is 15.1. The zero-order chi connectivity index (χ0) is 13.7. The van der Waals surface area contributed by atoms with Crippen LogP contribution in [0.25, 0.3) is 0 Å². The maximum atomic E-state index is 12.7. The predicted molar refractivity (Wildman–Crippen MR) is 59.4 cm³/mol. The number of rotatable bonds is 4. The number of nitrogens with zero attached hydrogens (tertiary/aromatic N) is 2. The van der Waals surface area contributed by atoms with Crippen molar-refractivity contribution in [2.45, 2.75) is 19.2 Å². The Balaban J connectivity index is 3.40. The van der Waals surface area contributed by atoms with Crippen molar-refractivity contribution in [3.05, 3.63) is 28.6 Å². The summed E-state index contributed by atoms with van der Waals surface area (Å²) in [5.41, 5.74) is -1.09. The Labute approximate surface area is 107 Å². The topological polar surface area (TPSA) is 63.0 Å². The van der Waals surface area contributed by atoms with Crippen LogP contribution in [0.1, 0.15) is 40.5 Å². The van der Waals surface area contributed by atoms with Gasteiger partial charge in [-0.1, -0.05) is 0 Å². The van der Waals surface area contributed by atoms with Crippen LogP contribution in [-0.2, 0) is 10.6 Å². The third-order valence-electron chi connectivity index (χ3n) is 2.16. The third kappa shape index (κ3) is 2.74. The lowest BCUT2D eigenvalue weighted by atomic mass is 10.0. The summed E-state index contributed by atoms with van der Waals surface area (Å²) in [6, 6.07) is 1.62. The molecule has 0 N–H and O–H groups in total. The molecular formula is C11H9ClF2N2O2. The maximum absolute atomic E-state index is 12.7. The molecule has 0 atom stereocenters. The van der Waals surface area contributed by atoms with E-state index in [2.05, 4.69) is 4.98 Å². The van der Waals surface area contributed by atoms with Crippen LogP contribution in [-0.4, -0.2) is 17.6 Å². The van der Waals surface area contributed by atoms with Gasteiger partial charge in [-0.05, 0) is 6.92 Å². The molecule has 0 aliphatic carbocycles. The number of alkyl halides is 3. The van der Waals surface area contributed by atoms with Gasteiger partial charge in [-0.15, -0.1) is 11.6 Å². The summed E-state index contributed by atoms with van der Waals surface area (Å²) in [5, 5.41) is 8.89. The minimum Gasteiger partial charge on any atom is -0.461 e. The normalized spacial score (nSPS) is 10.2. The molecule has 7 heteroatoms. The molecule has 0 radical (unpaired) electrons. The van der Waals surface area contributed by atoms with Gasteiger partial charge in [0.05, 0.1) is 23.6 Å². The number of hydrogen-bond donors (Lipinski definition) is 0. The summed E-state index contributed by atoms with van der Waals surface area (Å²) in [5.74, 6) is -1.06. The standard InChI is InChI=1S/C11H9ClF2N2O2/c1-2-18-11(17)9-6(3-12)7(4-15)8(5-16-9)10(13)14/h5,10H,2-3H2,1H3. The lowest BCUT2D eigenvalue weighted by Gasteiger charge is -2.10. The number of hydrogen-bond acceptors (Lipinski definition) is 4. The number of halogens is 3. The summed E-state index contributed by atoms with van der Waals surface area (Å²) < 4.78 is 30.0. The second-order valence-corrected chi connectivity index (χ2v) is 3.45. The van der Waals surface area contributed by atoms with Crippen molar-refractivity contribution >= 4 is 17.6 Å². The smallest absolute Gasteiger partial charge is 0.357 e. The van der Waals surface area contributed by atoms with E-state index in [4.69, 9.17) is 21.6 Å². The van der Waals surface area contributed by atoms with Gasteiger partial charge in [0, 0.05) is 11.8 Å². The molecule has 1 aromatic rings. The van der Waals surface area contributed by atoms with Crippen LogP contribution in [0.15, 0.2) is 6.20 Å². The van der Waals surface area contributed by atoms with Gasteiger partial charge in [0.2, 0.25) is 0 Å². The largest absolute Gasteiger partial charge is 0.461 e. The Morgan fingerprint density at radius 2 is 2.33 bits per heavy atom. The summed E-state index contributed by atoms with van der Waals surface area (Å²) >= 11 is 5.59. The van der Waals surface area contributed by atoms with Crippen LogP contribution < -0.4 is 0 Å². The fourth-order valence-electron chi connectivity index (χ4n) is 1.37. The minimum atomic E-state index is -2.86. The highest BCUT2D eigenvalue weighted by molar-refractivity contribution is 6.17. The Morgan fingerprint density at radius 3 is 2.78 bits per heavy atom. The van der Waals surface area contributed by atoms with Crippen molar-refractivity contribution in [2.24, 2.45) is 0 Å². The first-order valence-electron chi connectivity index (χ1n) is 4.99. The molecule has 0 bridgehead atoms. The van der Waals surface area contributed by atoms with Gasteiger partial charge < -0.3 is 4.74 Å². The molecule has 96 valence electrons. The molecule has 1 heterocycles. The van der Waals surface area contributed by atoms with Crippen molar-refractivity contribution in [1.29, 1.82) is 5.26 Å². The molecular weight excluding hydrogens is 266 g/mol. The lowest BCUT2D eigenvalue weighted by Crippen LogP contribution is -2.13. The molecule has 0 aliphatic heterocycles. The highest BCUT2D eigenvalue weighted by atomic mass is 35.5. The highest BCUT2D eigenvalue weighted by Gasteiger charge is 2.23. The molecule has 0 aliphatic rings. The number of ether oxygens (including phenoxy) is 1. The number of nitriles is 1. The van der Waals surface area contributed by atoms with Gasteiger partial charge in [0.25, 0.3) is 6.43 Å². The average molecular weight is 275 g/mol. The first kappa shape index (κ1) is 14.3. The molecule has 0 saturated carbocycles. The van der Waals surface area contributed by atoms with Crippen LogP contribution in [0.2, 0.25) is 0 Å². The molecule has 1 rings (SSSR count). The van der Waals surface area contributed by atoms with Crippen LogP contribution in [0.5, 0.6) is 0 Å². The Kier molecular flexibility index (Phi) is 4.98. The number of pyridine rings is 1. The quantitative estimate of drug-likeness (QED) is 0.625. The summed E-state index contributed by atoms with van der Waals surface area (Å²) in [6.45, 7) is 1.71. The lowest BCUT2D eigenvalue weighted by molar-refractivity contribution is 0.0517. The van der Waals surface area contributed by atoms with Gasteiger partial charge >= 0.3 is 5.97 Å². The van der Waals surface area contributed by atoms with E-state index in [0.717, 1.165) is 6.20 Å². The van der Waals surface area contributed by atoms with Gasteiger partial charge in [-0.3, -0.25) is 0 Å². The minimum absolute atomic E-state index is 0.0320. The van der Waals surface area contributed by atoms with Crippen LogP contribution in [0.3, 0.4) is 0 Å². The Morgan fingerprint density at radius 1 is 1.67 bits per heavy atom. The van der Waals surface area contributed by atoms with E-state index >= 15 is 0 Å². The van der Waals surface area contributed by atoms with Crippen LogP contribution >= 0.6 is 11.6 Å². The third-order valence-corrected chi connectivity index (χ3v) is 2.43. The highest BCUT2D eigenvalue weighted by Crippen LogP contribution is 2.27. The average Bonchev–Trinajstić information content (AvgIpc) is 2.36. The molecule has 0 fully saturated rings. The van der Waals surface area contributed by atoms with E-state index in [1.807, 2.05) is 0 Å². The zero-order valence-corrected chi connectivity index (χ0v) is 10.2. The molecule has 0 amide bonds. The van der Waals surface area contributed by atoms with Crippen molar-refractivity contribution in [1.82, 2.24) is 4.98 Å². The molecule has 4 nitrogen and oxygen atoms in total. The molecule has 0 spiro atoms. The number of carbonyl (C=O) groups excluding carboxylic acids is 1. The summed E-state index contributed by atoms with van der Waals surface area (Å²) in [7, 11) is 0. The fraction of sp³-hybridized carbons (Fsp3) is 0.364. The monoisotopic (exact) mass is 274 g/mol. The van der Waals surface area contributed by atoms with Gasteiger partial charge in [0.15, 0.2) is 5.69 Å². The molecule has 1 aromatic heterocycles. The van der Waals surface area contributed by atoms with E-state index in [0.29, 0.717) is 0 Å². The molecule has 18 heavy (non-hydrogen) atoms. The first-order chi connectivity index (χ1) is 8.56. The van der Waals surface area contributed by atoms with Gasteiger partial charge in [-0.25, -0.2) is 18.6 Å². The zero-order valence-electron chi connectivity index (χ0n) is 9.41. The van der Waals surface area contributed by atoms with Crippen molar-refractivity contribution in [3.8, 4) is 6.07 Å². The fourth-order valence-corrected chi connectivity index (χ4v) is 1.63. The maximum Gasteiger partial charge on any atom is 0.357 e. The number of carbonyl (C=O) groups is 1. The van der Waals surface area contributed by atoms with E-state index in [-0.39, 0.29) is 29.3 Å². The predicted octanol–water partition coefficient (Wildman–Crippen LogP) is 2.81. The first-order valence-corrected chi connectivity index (χ1v) is 5.53. The van der Waals surface area contributed by atoms with Crippen LogP contribution in [0, 0.1) is 11.3 Å². The van der Waals surface area contributed by atoms with Gasteiger partial charge in [0.1, 0.15) is 6.07 Å². The van der Waals surface area contributed by atoms with E-state index < -0.39 is 18.0 Å². The Bertz CT molecular complexity index is 501. The Hall–Kier alpha value is -1.74. The van der Waals surface area contributed by atoms with E-state index in [9.17, 15) is 13.6 Å². The number of esters is 1.